The number of ether oxygens (including phenoxy) is 1. The van der Waals surface area contributed by atoms with E-state index >= 15 is 0 Å². The van der Waals surface area contributed by atoms with Gasteiger partial charge in [-0.2, -0.15) is 0 Å². The monoisotopic (exact) mass is 270 g/mol. The molecule has 0 spiro atoms. The number of hydrogen-bond acceptors (Lipinski definition) is 3. The first-order chi connectivity index (χ1) is 8.94. The zero-order valence-corrected chi connectivity index (χ0v) is 11.5. The molecule has 6 nitrogen and oxygen atoms in total. The molecule has 1 aliphatic carbocycles. The minimum absolute atomic E-state index is 0.0499. The molecule has 2 rings (SSSR count). The van der Waals surface area contributed by atoms with Crippen LogP contribution in [0.1, 0.15) is 33.1 Å². The van der Waals surface area contributed by atoms with E-state index < -0.39 is 11.5 Å². The van der Waals surface area contributed by atoms with E-state index in [9.17, 15) is 14.7 Å². The van der Waals surface area contributed by atoms with Gasteiger partial charge in [-0.05, 0) is 18.8 Å². The quantitative estimate of drug-likeness (QED) is 0.783. The summed E-state index contributed by atoms with van der Waals surface area (Å²) < 4.78 is 5.15. The predicted octanol–water partition coefficient (Wildman–Crippen LogP) is 1.06. The average molecular weight is 270 g/mol. The van der Waals surface area contributed by atoms with Crippen molar-refractivity contribution in [2.24, 2.45) is 5.92 Å². The van der Waals surface area contributed by atoms with Gasteiger partial charge in [0, 0.05) is 25.6 Å². The molecule has 19 heavy (non-hydrogen) atoms. The highest BCUT2D eigenvalue weighted by Crippen LogP contribution is 2.28. The highest BCUT2D eigenvalue weighted by atomic mass is 16.5. The summed E-state index contributed by atoms with van der Waals surface area (Å²) in [5, 5.41) is 12.0. The number of nitrogens with zero attached hydrogens (tertiary/aromatic N) is 1. The summed E-state index contributed by atoms with van der Waals surface area (Å²) in [5.41, 5.74) is -1.25. The highest BCUT2D eigenvalue weighted by Gasteiger charge is 2.46. The Balaban J connectivity index is 2.03. The fraction of sp³-hybridized carbons (Fsp3) is 0.846. The van der Waals surface area contributed by atoms with Crippen molar-refractivity contribution in [1.29, 1.82) is 0 Å². The molecule has 1 saturated carbocycles. The molecule has 0 radical (unpaired) electrons. The van der Waals surface area contributed by atoms with Crippen molar-refractivity contribution in [2.45, 2.75) is 44.7 Å². The number of hydrogen-bond donors (Lipinski definition) is 2. The summed E-state index contributed by atoms with van der Waals surface area (Å²) in [4.78, 5) is 25.5. The van der Waals surface area contributed by atoms with Gasteiger partial charge in [-0.1, -0.05) is 13.8 Å². The molecule has 0 bridgehead atoms. The van der Waals surface area contributed by atoms with Gasteiger partial charge in [0.25, 0.3) is 0 Å². The van der Waals surface area contributed by atoms with E-state index in [2.05, 4.69) is 5.32 Å². The highest BCUT2D eigenvalue weighted by molar-refractivity contribution is 5.87. The third-order valence-electron chi connectivity index (χ3n) is 3.59. The van der Waals surface area contributed by atoms with Crippen LogP contribution in [0.2, 0.25) is 0 Å². The first kappa shape index (κ1) is 14.1. The van der Waals surface area contributed by atoms with E-state index in [1.807, 2.05) is 13.8 Å². The Morgan fingerprint density at radius 2 is 2.16 bits per heavy atom. The topological polar surface area (TPSA) is 78.9 Å². The molecular formula is C13H22N2O4. The fourth-order valence-electron chi connectivity index (χ4n) is 2.34. The zero-order chi connectivity index (χ0) is 14.0. The average Bonchev–Trinajstić information content (AvgIpc) is 3.05. The van der Waals surface area contributed by atoms with Gasteiger partial charge in [0.1, 0.15) is 0 Å². The summed E-state index contributed by atoms with van der Waals surface area (Å²) >= 11 is 0. The molecule has 0 aromatic rings. The molecule has 2 N–H and O–H groups in total. The minimum atomic E-state index is -1.25. The SMILES string of the molecule is CC(C)CN(C(=O)NC1(C(=O)O)CCOC1)C1CC1. The standard InChI is InChI=1S/C13H22N2O4/c1-9(2)7-15(10-3-4-10)12(18)14-13(11(16)17)5-6-19-8-13/h9-10H,3-8H2,1-2H3,(H,14,18)(H,16,17). The van der Waals surface area contributed by atoms with Crippen molar-refractivity contribution in [3.63, 3.8) is 0 Å². The third kappa shape index (κ3) is 3.18. The van der Waals surface area contributed by atoms with Crippen molar-refractivity contribution in [2.75, 3.05) is 19.8 Å². The van der Waals surface area contributed by atoms with E-state index in [0.29, 0.717) is 25.5 Å². The third-order valence-corrected chi connectivity index (χ3v) is 3.59. The Morgan fingerprint density at radius 1 is 1.47 bits per heavy atom. The van der Waals surface area contributed by atoms with Crippen molar-refractivity contribution in [3.8, 4) is 0 Å². The Kier molecular flexibility index (Phi) is 3.99. The molecule has 108 valence electrons. The van der Waals surface area contributed by atoms with Gasteiger partial charge in [0.15, 0.2) is 5.54 Å². The Hall–Kier alpha value is -1.30. The predicted molar refractivity (Wildman–Crippen MR) is 68.9 cm³/mol. The van der Waals surface area contributed by atoms with Crippen LogP contribution >= 0.6 is 0 Å². The number of carbonyl (C=O) groups is 2. The number of nitrogens with one attached hydrogen (secondary N) is 1. The van der Waals surface area contributed by atoms with E-state index in [0.717, 1.165) is 12.8 Å². The molecule has 0 aromatic heterocycles. The molecule has 1 saturated heterocycles. The lowest BCUT2D eigenvalue weighted by atomic mass is 9.99. The van der Waals surface area contributed by atoms with Gasteiger partial charge < -0.3 is 20.1 Å². The van der Waals surface area contributed by atoms with Crippen molar-refractivity contribution in [3.05, 3.63) is 0 Å². The molecule has 2 amide bonds. The number of carboxylic acid groups (broad SMARTS) is 1. The lowest BCUT2D eigenvalue weighted by molar-refractivity contribution is -0.144. The summed E-state index contributed by atoms with van der Waals surface area (Å²) in [6, 6.07) is -0.000309. The lowest BCUT2D eigenvalue weighted by Crippen LogP contribution is -2.59. The van der Waals surface area contributed by atoms with Crippen LogP contribution in [0.25, 0.3) is 0 Å². The number of carboxylic acids is 1. The van der Waals surface area contributed by atoms with E-state index in [1.165, 1.54) is 0 Å². The smallest absolute Gasteiger partial charge is 0.332 e. The van der Waals surface area contributed by atoms with Crippen LogP contribution in [0, 0.1) is 5.92 Å². The second-order valence-electron chi connectivity index (χ2n) is 5.90. The van der Waals surface area contributed by atoms with E-state index in [-0.39, 0.29) is 18.7 Å². The summed E-state index contributed by atoms with van der Waals surface area (Å²) in [6.07, 6.45) is 2.35. The van der Waals surface area contributed by atoms with Crippen LogP contribution in [-0.4, -0.2) is 53.3 Å². The minimum Gasteiger partial charge on any atom is -0.479 e. The summed E-state index contributed by atoms with van der Waals surface area (Å²) in [6.45, 7) is 5.18. The lowest BCUT2D eigenvalue weighted by Gasteiger charge is -2.30. The van der Waals surface area contributed by atoms with E-state index in [1.54, 1.807) is 4.90 Å². The summed E-state index contributed by atoms with van der Waals surface area (Å²) in [7, 11) is 0. The van der Waals surface area contributed by atoms with Crippen molar-refractivity contribution < 1.29 is 19.4 Å². The number of aliphatic carboxylic acids is 1. The Bertz CT molecular complexity index is 360. The molecular weight excluding hydrogens is 248 g/mol. The van der Waals surface area contributed by atoms with Crippen LogP contribution in [0.3, 0.4) is 0 Å². The number of carbonyl (C=O) groups excluding carboxylic acids is 1. The molecule has 1 aliphatic heterocycles. The van der Waals surface area contributed by atoms with Crippen LogP contribution in [0.15, 0.2) is 0 Å². The van der Waals surface area contributed by atoms with Crippen LogP contribution in [0.4, 0.5) is 4.79 Å². The molecule has 2 fully saturated rings. The fourth-order valence-corrected chi connectivity index (χ4v) is 2.34. The second kappa shape index (κ2) is 5.36. The Labute approximate surface area is 113 Å². The van der Waals surface area contributed by atoms with Gasteiger partial charge in [-0.15, -0.1) is 0 Å². The van der Waals surface area contributed by atoms with Crippen LogP contribution in [-0.2, 0) is 9.53 Å². The molecule has 1 unspecified atom stereocenters. The van der Waals surface area contributed by atoms with Gasteiger partial charge in [0.2, 0.25) is 0 Å². The molecule has 1 heterocycles. The van der Waals surface area contributed by atoms with E-state index in [4.69, 9.17) is 4.74 Å². The van der Waals surface area contributed by atoms with Crippen LogP contribution in [0.5, 0.6) is 0 Å². The molecule has 1 atom stereocenters. The van der Waals surface area contributed by atoms with Gasteiger partial charge in [0.05, 0.1) is 6.61 Å². The number of amides is 2. The van der Waals surface area contributed by atoms with Crippen molar-refractivity contribution >= 4 is 12.0 Å². The van der Waals surface area contributed by atoms with Gasteiger partial charge in [-0.25, -0.2) is 9.59 Å². The second-order valence-corrected chi connectivity index (χ2v) is 5.90. The normalized spacial score (nSPS) is 26.5. The zero-order valence-electron chi connectivity index (χ0n) is 11.5. The molecule has 6 heteroatoms. The Morgan fingerprint density at radius 3 is 2.58 bits per heavy atom. The number of rotatable bonds is 5. The first-order valence-electron chi connectivity index (χ1n) is 6.84. The number of urea groups is 1. The summed E-state index contributed by atoms with van der Waals surface area (Å²) in [5.74, 6) is -0.648. The van der Waals surface area contributed by atoms with Gasteiger partial charge in [-0.3, -0.25) is 0 Å². The van der Waals surface area contributed by atoms with Crippen LogP contribution < -0.4 is 5.32 Å². The maximum absolute atomic E-state index is 12.3. The van der Waals surface area contributed by atoms with Crippen molar-refractivity contribution in [1.82, 2.24) is 10.2 Å². The maximum Gasteiger partial charge on any atom is 0.332 e. The van der Waals surface area contributed by atoms with Gasteiger partial charge >= 0.3 is 12.0 Å². The first-order valence-corrected chi connectivity index (χ1v) is 6.84. The molecule has 0 aromatic carbocycles. The molecule has 2 aliphatic rings. The largest absolute Gasteiger partial charge is 0.479 e. The maximum atomic E-state index is 12.3.